The van der Waals surface area contributed by atoms with Crippen molar-refractivity contribution >= 4 is 0 Å². The summed E-state index contributed by atoms with van der Waals surface area (Å²) in [5, 5.41) is 3.23. The molecule has 0 aliphatic heterocycles. The lowest BCUT2D eigenvalue weighted by atomic mass is 10.4. The molecule has 0 unspecified atom stereocenters. The molecule has 0 aromatic carbocycles. The second-order valence-electron chi connectivity index (χ2n) is 4.06. The predicted molar refractivity (Wildman–Crippen MR) is 69.2 cm³/mol. The highest BCUT2D eigenvalue weighted by Crippen LogP contribution is 1.93. The first-order chi connectivity index (χ1) is 8.75. The normalized spacial score (nSPS) is 10.5. The highest BCUT2D eigenvalue weighted by molar-refractivity contribution is 5.00. The molecule has 0 spiro atoms. The Hall–Kier alpha value is -2.01. The molecular weight excluding hydrogens is 228 g/mol. The minimum Gasteiger partial charge on any atom is -0.314 e. The topological polar surface area (TPSA) is 59.8 Å². The first kappa shape index (κ1) is 12.4. The van der Waals surface area contributed by atoms with E-state index in [0.29, 0.717) is 13.1 Å². The Labute approximate surface area is 106 Å². The van der Waals surface area contributed by atoms with E-state index in [4.69, 9.17) is 0 Å². The Morgan fingerprint density at radius 3 is 2.89 bits per heavy atom. The number of hydrogen-bond donors (Lipinski definition) is 1. The molecule has 94 valence electrons. The third kappa shape index (κ3) is 3.49. The van der Waals surface area contributed by atoms with Gasteiger partial charge in [-0.3, -0.25) is 14.8 Å². The fourth-order valence-corrected chi connectivity index (χ4v) is 1.57. The van der Waals surface area contributed by atoms with Crippen LogP contribution in [-0.2, 0) is 13.1 Å². The van der Waals surface area contributed by atoms with E-state index in [0.717, 1.165) is 17.9 Å². The average molecular weight is 244 g/mol. The van der Waals surface area contributed by atoms with Crippen LogP contribution >= 0.6 is 0 Å². The third-order valence-electron chi connectivity index (χ3n) is 2.57. The monoisotopic (exact) mass is 244 g/mol. The van der Waals surface area contributed by atoms with Crippen LogP contribution in [0.4, 0.5) is 0 Å². The zero-order valence-electron chi connectivity index (χ0n) is 10.3. The summed E-state index contributed by atoms with van der Waals surface area (Å²) in [6, 6.07) is 5.16. The van der Waals surface area contributed by atoms with Gasteiger partial charge in [0.1, 0.15) is 0 Å². The molecule has 0 bridgehead atoms. The van der Waals surface area contributed by atoms with Gasteiger partial charge >= 0.3 is 0 Å². The van der Waals surface area contributed by atoms with E-state index in [2.05, 4.69) is 15.3 Å². The zero-order valence-corrected chi connectivity index (χ0v) is 10.3. The summed E-state index contributed by atoms with van der Waals surface area (Å²) in [6.45, 7) is 3.94. The lowest BCUT2D eigenvalue weighted by Gasteiger charge is -2.06. The fourth-order valence-electron chi connectivity index (χ4n) is 1.57. The Kier molecular flexibility index (Phi) is 4.20. The van der Waals surface area contributed by atoms with Crippen LogP contribution in [0.2, 0.25) is 0 Å². The molecule has 2 aromatic rings. The first-order valence-electron chi connectivity index (χ1n) is 5.89. The van der Waals surface area contributed by atoms with Crippen LogP contribution in [-0.4, -0.2) is 21.1 Å². The van der Waals surface area contributed by atoms with E-state index < -0.39 is 0 Å². The molecule has 18 heavy (non-hydrogen) atoms. The maximum Gasteiger partial charge on any atom is 0.250 e. The molecule has 1 N–H and O–H groups in total. The van der Waals surface area contributed by atoms with Crippen LogP contribution in [0.25, 0.3) is 0 Å². The number of nitrogens with one attached hydrogen (secondary N) is 1. The molecule has 0 saturated carbocycles. The largest absolute Gasteiger partial charge is 0.314 e. The smallest absolute Gasteiger partial charge is 0.250 e. The van der Waals surface area contributed by atoms with Gasteiger partial charge in [0.15, 0.2) is 0 Å². The van der Waals surface area contributed by atoms with Crippen molar-refractivity contribution in [3.05, 3.63) is 58.5 Å². The van der Waals surface area contributed by atoms with Crippen molar-refractivity contribution in [2.24, 2.45) is 0 Å². The summed E-state index contributed by atoms with van der Waals surface area (Å²) in [4.78, 5) is 19.9. The Balaban J connectivity index is 1.78. The second-order valence-corrected chi connectivity index (χ2v) is 4.06. The van der Waals surface area contributed by atoms with Crippen molar-refractivity contribution in [2.45, 2.75) is 20.0 Å². The van der Waals surface area contributed by atoms with Crippen LogP contribution in [0.3, 0.4) is 0 Å². The molecule has 2 rings (SSSR count). The summed E-state index contributed by atoms with van der Waals surface area (Å²) >= 11 is 0. The van der Waals surface area contributed by atoms with Crippen molar-refractivity contribution in [3.63, 3.8) is 0 Å². The van der Waals surface area contributed by atoms with E-state index in [1.807, 2.05) is 13.0 Å². The van der Waals surface area contributed by atoms with E-state index in [1.54, 1.807) is 35.3 Å². The van der Waals surface area contributed by atoms with Gasteiger partial charge in [0.05, 0.1) is 11.4 Å². The molecule has 0 saturated heterocycles. The van der Waals surface area contributed by atoms with Crippen molar-refractivity contribution < 1.29 is 0 Å². The van der Waals surface area contributed by atoms with Crippen LogP contribution in [0, 0.1) is 6.92 Å². The lowest BCUT2D eigenvalue weighted by Crippen LogP contribution is -2.26. The minimum atomic E-state index is 0.0226. The summed E-state index contributed by atoms with van der Waals surface area (Å²) in [7, 11) is 0. The molecule has 0 aliphatic rings. The summed E-state index contributed by atoms with van der Waals surface area (Å²) in [6.07, 6.45) is 5.30. The third-order valence-corrected chi connectivity index (χ3v) is 2.57. The molecule has 5 heteroatoms. The van der Waals surface area contributed by atoms with Crippen LogP contribution in [0.15, 0.2) is 41.6 Å². The van der Waals surface area contributed by atoms with Gasteiger partial charge in [-0.25, -0.2) is 0 Å². The molecule has 2 heterocycles. The van der Waals surface area contributed by atoms with Gasteiger partial charge in [-0.15, -0.1) is 0 Å². The molecule has 5 nitrogen and oxygen atoms in total. The van der Waals surface area contributed by atoms with Gasteiger partial charge in [-0.2, -0.15) is 0 Å². The van der Waals surface area contributed by atoms with Gasteiger partial charge in [-0.05, 0) is 13.0 Å². The number of aromatic nitrogens is 3. The SMILES string of the molecule is Cc1cnc(CNCCn2ccccc2=O)cn1. The number of nitrogens with zero attached hydrogens (tertiary/aromatic N) is 3. The van der Waals surface area contributed by atoms with E-state index in [1.165, 1.54) is 0 Å². The molecular formula is C13H16N4O. The van der Waals surface area contributed by atoms with Crippen molar-refractivity contribution in [1.82, 2.24) is 19.9 Å². The van der Waals surface area contributed by atoms with Crippen LogP contribution in [0.1, 0.15) is 11.4 Å². The maximum absolute atomic E-state index is 11.4. The van der Waals surface area contributed by atoms with Gasteiger partial charge in [-0.1, -0.05) is 6.07 Å². The highest BCUT2D eigenvalue weighted by atomic mass is 16.1. The quantitative estimate of drug-likeness (QED) is 0.788. The molecule has 0 fully saturated rings. The van der Waals surface area contributed by atoms with Gasteiger partial charge in [0.2, 0.25) is 0 Å². The van der Waals surface area contributed by atoms with Gasteiger partial charge in [0, 0.05) is 44.3 Å². The Bertz CT molecular complexity index is 547. The second kappa shape index (κ2) is 6.07. The fraction of sp³-hybridized carbons (Fsp3) is 0.308. The molecule has 0 radical (unpaired) electrons. The zero-order chi connectivity index (χ0) is 12.8. The molecule has 0 amide bonds. The van der Waals surface area contributed by atoms with Crippen LogP contribution in [0.5, 0.6) is 0 Å². The summed E-state index contributed by atoms with van der Waals surface area (Å²) < 4.78 is 1.67. The van der Waals surface area contributed by atoms with Crippen molar-refractivity contribution in [3.8, 4) is 0 Å². The molecule has 0 atom stereocenters. The summed E-state index contributed by atoms with van der Waals surface area (Å²) in [5.74, 6) is 0. The number of aryl methyl sites for hydroxylation is 1. The van der Waals surface area contributed by atoms with Gasteiger partial charge in [0.25, 0.3) is 5.56 Å². The van der Waals surface area contributed by atoms with Gasteiger partial charge < -0.3 is 9.88 Å². The van der Waals surface area contributed by atoms with E-state index in [-0.39, 0.29) is 5.56 Å². The highest BCUT2D eigenvalue weighted by Gasteiger charge is 1.96. The summed E-state index contributed by atoms with van der Waals surface area (Å²) in [5.41, 5.74) is 1.84. The first-order valence-corrected chi connectivity index (χ1v) is 5.89. The Morgan fingerprint density at radius 1 is 1.28 bits per heavy atom. The van der Waals surface area contributed by atoms with Crippen LogP contribution < -0.4 is 10.9 Å². The lowest BCUT2D eigenvalue weighted by molar-refractivity contribution is 0.579. The van der Waals surface area contributed by atoms with Crippen molar-refractivity contribution in [2.75, 3.05) is 6.54 Å². The van der Waals surface area contributed by atoms with Crippen molar-refractivity contribution in [1.29, 1.82) is 0 Å². The Morgan fingerprint density at radius 2 is 2.17 bits per heavy atom. The molecule has 2 aromatic heterocycles. The number of hydrogen-bond acceptors (Lipinski definition) is 4. The van der Waals surface area contributed by atoms with E-state index in [9.17, 15) is 4.79 Å². The average Bonchev–Trinajstić information content (AvgIpc) is 2.39. The van der Waals surface area contributed by atoms with E-state index >= 15 is 0 Å². The number of pyridine rings is 1. The molecule has 0 aliphatic carbocycles. The number of rotatable bonds is 5. The standard InChI is InChI=1S/C13H16N4O/c1-11-8-16-12(10-15-11)9-14-5-7-17-6-3-2-4-13(17)18/h2-4,6,8,10,14H,5,7,9H2,1H3. The minimum absolute atomic E-state index is 0.0226. The maximum atomic E-state index is 11.4. The predicted octanol–water partition coefficient (Wildman–Crippen LogP) is 0.737.